The number of hydrogen-bond acceptors (Lipinski definition) is 6. The highest BCUT2D eigenvalue weighted by atomic mass is 35.5. The van der Waals surface area contributed by atoms with Gasteiger partial charge in [0.1, 0.15) is 10.0 Å². The van der Waals surface area contributed by atoms with E-state index in [1.807, 2.05) is 0 Å². The molecule has 1 N–H and O–H groups in total. The Bertz CT molecular complexity index is 474. The number of carbonyl (C=O) groups is 1. The Kier molecular flexibility index (Phi) is 2.84. The van der Waals surface area contributed by atoms with Crippen LogP contribution in [0.1, 0.15) is 9.67 Å². The Hall–Kier alpha value is -1.60. The van der Waals surface area contributed by atoms with E-state index < -0.39 is 0 Å². The van der Waals surface area contributed by atoms with Crippen LogP contribution < -0.4 is 5.32 Å². The summed E-state index contributed by atoms with van der Waals surface area (Å²) in [6.45, 7) is 0. The van der Waals surface area contributed by atoms with Crippen LogP contribution >= 0.6 is 23.1 Å². The lowest BCUT2D eigenvalue weighted by Gasteiger charge is -1.99. The summed E-state index contributed by atoms with van der Waals surface area (Å²) in [4.78, 5) is 19.5. The van der Waals surface area contributed by atoms with E-state index >= 15 is 0 Å². The summed E-state index contributed by atoms with van der Waals surface area (Å²) >= 11 is 6.62. The molecule has 2 aromatic heterocycles. The van der Waals surface area contributed by atoms with Crippen molar-refractivity contribution in [3.63, 3.8) is 0 Å². The Morgan fingerprint density at radius 1 is 1.53 bits per heavy atom. The smallest absolute Gasteiger partial charge is 0.271 e. The molecule has 0 bridgehead atoms. The van der Waals surface area contributed by atoms with Crippen molar-refractivity contribution in [2.45, 2.75) is 0 Å². The van der Waals surface area contributed by atoms with Crippen molar-refractivity contribution in [1.29, 1.82) is 0 Å². The van der Waals surface area contributed by atoms with Crippen molar-refractivity contribution in [2.75, 3.05) is 5.32 Å². The molecule has 1 amide bonds. The summed E-state index contributed by atoms with van der Waals surface area (Å²) in [5.41, 5.74) is 0. The second-order valence-electron chi connectivity index (χ2n) is 2.44. The SMILES string of the molecule is O=C(Nc1nccc(Cl)n1)c1cnns1. The molecule has 0 saturated carbocycles. The third-order valence-electron chi connectivity index (χ3n) is 1.43. The van der Waals surface area contributed by atoms with Gasteiger partial charge < -0.3 is 0 Å². The molecular weight excluding hydrogens is 238 g/mol. The van der Waals surface area contributed by atoms with Crippen LogP contribution in [0.4, 0.5) is 5.95 Å². The van der Waals surface area contributed by atoms with Crippen molar-refractivity contribution < 1.29 is 4.79 Å². The molecule has 0 radical (unpaired) electrons. The Morgan fingerprint density at radius 3 is 3.07 bits per heavy atom. The van der Waals surface area contributed by atoms with Gasteiger partial charge in [-0.3, -0.25) is 10.1 Å². The number of rotatable bonds is 2. The van der Waals surface area contributed by atoms with Crippen molar-refractivity contribution in [3.8, 4) is 0 Å². The first kappa shape index (κ1) is 9.94. The molecule has 0 unspecified atom stereocenters. The van der Waals surface area contributed by atoms with Gasteiger partial charge in [-0.05, 0) is 17.6 Å². The molecule has 0 spiro atoms. The number of anilines is 1. The normalized spacial score (nSPS) is 9.93. The van der Waals surface area contributed by atoms with Gasteiger partial charge in [-0.15, -0.1) is 5.10 Å². The monoisotopic (exact) mass is 241 g/mol. The molecule has 0 saturated heterocycles. The van der Waals surface area contributed by atoms with Gasteiger partial charge in [0.05, 0.1) is 6.20 Å². The molecule has 76 valence electrons. The zero-order chi connectivity index (χ0) is 10.7. The van der Waals surface area contributed by atoms with Gasteiger partial charge in [-0.1, -0.05) is 16.1 Å². The summed E-state index contributed by atoms with van der Waals surface area (Å²) in [5.74, 6) is -0.201. The minimum absolute atomic E-state index is 0.154. The first-order valence-corrected chi connectivity index (χ1v) is 4.98. The summed E-state index contributed by atoms with van der Waals surface area (Å²) in [7, 11) is 0. The number of aromatic nitrogens is 4. The molecule has 8 heteroatoms. The van der Waals surface area contributed by atoms with Gasteiger partial charge in [-0.25, -0.2) is 9.97 Å². The number of nitrogens with one attached hydrogen (secondary N) is 1. The average Bonchev–Trinajstić information content (AvgIpc) is 2.70. The van der Waals surface area contributed by atoms with E-state index in [0.29, 0.717) is 4.88 Å². The lowest BCUT2D eigenvalue weighted by Crippen LogP contribution is -2.12. The highest BCUT2D eigenvalue weighted by Crippen LogP contribution is 2.08. The van der Waals surface area contributed by atoms with E-state index in [1.54, 1.807) is 0 Å². The molecule has 0 atom stereocenters. The topological polar surface area (TPSA) is 80.7 Å². The van der Waals surface area contributed by atoms with E-state index in [0.717, 1.165) is 11.5 Å². The van der Waals surface area contributed by atoms with Crippen LogP contribution in [0.2, 0.25) is 5.15 Å². The van der Waals surface area contributed by atoms with E-state index in [9.17, 15) is 4.79 Å². The van der Waals surface area contributed by atoms with Crippen LogP contribution in [0.3, 0.4) is 0 Å². The van der Waals surface area contributed by atoms with Crippen LogP contribution in [0, 0.1) is 0 Å². The van der Waals surface area contributed by atoms with Gasteiger partial charge in [-0.2, -0.15) is 0 Å². The Balaban J connectivity index is 2.13. The number of carbonyl (C=O) groups excluding carboxylic acids is 1. The predicted molar refractivity (Wildman–Crippen MR) is 54.9 cm³/mol. The second-order valence-corrected chi connectivity index (χ2v) is 3.61. The van der Waals surface area contributed by atoms with Crippen LogP contribution in [-0.4, -0.2) is 25.5 Å². The number of nitrogens with zero attached hydrogens (tertiary/aromatic N) is 4. The molecule has 0 aromatic carbocycles. The molecule has 0 aliphatic heterocycles. The highest BCUT2D eigenvalue weighted by Gasteiger charge is 2.09. The van der Waals surface area contributed by atoms with E-state index in [-0.39, 0.29) is 17.0 Å². The minimum Gasteiger partial charge on any atom is -0.290 e. The van der Waals surface area contributed by atoms with Gasteiger partial charge in [0.2, 0.25) is 5.95 Å². The van der Waals surface area contributed by atoms with Crippen LogP contribution in [0.5, 0.6) is 0 Å². The molecule has 0 aliphatic carbocycles. The third-order valence-corrected chi connectivity index (χ3v) is 2.31. The number of hydrogen-bond donors (Lipinski definition) is 1. The van der Waals surface area contributed by atoms with Crippen LogP contribution in [0.15, 0.2) is 18.5 Å². The van der Waals surface area contributed by atoms with Gasteiger partial charge in [0, 0.05) is 6.20 Å². The summed E-state index contributed by atoms with van der Waals surface area (Å²) < 4.78 is 3.57. The van der Waals surface area contributed by atoms with Crippen LogP contribution in [0.25, 0.3) is 0 Å². The largest absolute Gasteiger partial charge is 0.290 e. The minimum atomic E-state index is -0.354. The zero-order valence-electron chi connectivity index (χ0n) is 7.22. The van der Waals surface area contributed by atoms with Crippen molar-refractivity contribution in [2.24, 2.45) is 0 Å². The van der Waals surface area contributed by atoms with Crippen molar-refractivity contribution >= 4 is 35.0 Å². The third kappa shape index (κ3) is 2.45. The maximum Gasteiger partial charge on any atom is 0.271 e. The fourth-order valence-corrected chi connectivity index (χ4v) is 1.37. The summed E-state index contributed by atoms with van der Waals surface area (Å²) in [6.07, 6.45) is 2.82. The second kappa shape index (κ2) is 4.28. The standard InChI is InChI=1S/C7H4ClN5OS/c8-5-1-2-9-7(11-5)12-6(14)4-3-10-13-15-4/h1-3H,(H,9,11,12,14). The van der Waals surface area contributed by atoms with E-state index in [1.165, 1.54) is 18.5 Å². The van der Waals surface area contributed by atoms with Crippen LogP contribution in [-0.2, 0) is 0 Å². The highest BCUT2D eigenvalue weighted by molar-refractivity contribution is 7.07. The Labute approximate surface area is 93.5 Å². The van der Waals surface area contributed by atoms with E-state index in [2.05, 4.69) is 24.9 Å². The van der Waals surface area contributed by atoms with Crippen molar-refractivity contribution in [3.05, 3.63) is 28.5 Å². The first-order chi connectivity index (χ1) is 7.25. The molecule has 2 heterocycles. The number of amides is 1. The Morgan fingerprint density at radius 2 is 2.40 bits per heavy atom. The molecule has 0 fully saturated rings. The molecular formula is C7H4ClN5OS. The maximum atomic E-state index is 11.5. The first-order valence-electron chi connectivity index (χ1n) is 3.83. The van der Waals surface area contributed by atoms with Gasteiger partial charge >= 0.3 is 0 Å². The van der Waals surface area contributed by atoms with Gasteiger partial charge in [0.15, 0.2) is 0 Å². The summed E-state index contributed by atoms with van der Waals surface area (Å²) in [5, 5.41) is 6.28. The fourth-order valence-electron chi connectivity index (χ4n) is 0.827. The predicted octanol–water partition coefficient (Wildman–Crippen LogP) is 1.23. The fraction of sp³-hybridized carbons (Fsp3) is 0. The lowest BCUT2D eigenvalue weighted by molar-refractivity contribution is 0.102. The molecule has 6 nitrogen and oxygen atoms in total. The molecule has 0 aliphatic rings. The molecule has 15 heavy (non-hydrogen) atoms. The maximum absolute atomic E-state index is 11.5. The number of halogens is 1. The zero-order valence-corrected chi connectivity index (χ0v) is 8.79. The molecule has 2 aromatic rings. The quantitative estimate of drug-likeness (QED) is 0.800. The lowest BCUT2D eigenvalue weighted by atomic mass is 10.5. The van der Waals surface area contributed by atoms with Crippen molar-refractivity contribution in [1.82, 2.24) is 19.6 Å². The molecule has 2 rings (SSSR count). The average molecular weight is 242 g/mol. The van der Waals surface area contributed by atoms with E-state index in [4.69, 9.17) is 11.6 Å². The summed E-state index contributed by atoms with van der Waals surface area (Å²) in [6, 6.07) is 1.52. The van der Waals surface area contributed by atoms with Gasteiger partial charge in [0.25, 0.3) is 5.91 Å².